The molecule has 1 aliphatic heterocycles. The molecule has 1 fully saturated rings. The Morgan fingerprint density at radius 3 is 2.30 bits per heavy atom. The van der Waals surface area contributed by atoms with Gasteiger partial charge in [-0.2, -0.15) is 0 Å². The Bertz CT molecular complexity index is 895. The molecular weight excluding hydrogens is 340 g/mol. The first-order chi connectivity index (χ1) is 13.1. The molecular formula is C22H25N2O3+. The van der Waals surface area contributed by atoms with Crippen LogP contribution in [0.2, 0.25) is 0 Å². The molecule has 0 spiro atoms. The maximum absolute atomic E-state index is 12.6. The molecule has 3 atom stereocenters. The third kappa shape index (κ3) is 3.35. The van der Waals surface area contributed by atoms with Gasteiger partial charge >= 0.3 is 0 Å². The lowest BCUT2D eigenvalue weighted by Crippen LogP contribution is -3.09. The van der Waals surface area contributed by atoms with Crippen molar-refractivity contribution in [2.75, 3.05) is 20.8 Å². The van der Waals surface area contributed by atoms with E-state index in [1.54, 1.807) is 7.11 Å². The van der Waals surface area contributed by atoms with Gasteiger partial charge in [-0.05, 0) is 41.8 Å². The number of amides is 2. The van der Waals surface area contributed by atoms with Crippen molar-refractivity contribution in [3.05, 3.63) is 54.1 Å². The van der Waals surface area contributed by atoms with Gasteiger partial charge in [-0.1, -0.05) is 30.4 Å². The number of carbonyl (C=O) groups is 2. The van der Waals surface area contributed by atoms with Crippen molar-refractivity contribution in [1.82, 2.24) is 4.90 Å². The van der Waals surface area contributed by atoms with Gasteiger partial charge < -0.3 is 9.64 Å². The first-order valence-electron chi connectivity index (χ1n) is 9.45. The Hall–Kier alpha value is -2.66. The number of hydrogen-bond acceptors (Lipinski definition) is 3. The monoisotopic (exact) mass is 365 g/mol. The fourth-order valence-electron chi connectivity index (χ4n) is 4.21. The molecule has 0 radical (unpaired) electrons. The largest absolute Gasteiger partial charge is 0.497 e. The number of imide groups is 1. The molecule has 1 saturated heterocycles. The van der Waals surface area contributed by atoms with Crippen molar-refractivity contribution in [3.8, 4) is 5.75 Å². The van der Waals surface area contributed by atoms with Gasteiger partial charge in [0.1, 0.15) is 12.3 Å². The fourth-order valence-corrected chi connectivity index (χ4v) is 4.21. The molecule has 5 heteroatoms. The molecule has 5 nitrogen and oxygen atoms in total. The Balaban J connectivity index is 1.45. The normalized spacial score (nSPS) is 23.0. The lowest BCUT2D eigenvalue weighted by molar-refractivity contribution is -0.901. The van der Waals surface area contributed by atoms with Crippen LogP contribution in [0.3, 0.4) is 0 Å². The first kappa shape index (κ1) is 17.7. The summed E-state index contributed by atoms with van der Waals surface area (Å²) in [4.78, 5) is 27.8. The summed E-state index contributed by atoms with van der Waals surface area (Å²) in [6.07, 6.45) is 5.44. The van der Waals surface area contributed by atoms with Crippen molar-refractivity contribution >= 4 is 22.6 Å². The Morgan fingerprint density at radius 1 is 1.00 bits per heavy atom. The lowest BCUT2D eigenvalue weighted by atomic mass is 9.85. The van der Waals surface area contributed by atoms with E-state index in [-0.39, 0.29) is 23.7 Å². The number of hydrogen-bond donors (Lipinski definition) is 1. The predicted octanol–water partition coefficient (Wildman–Crippen LogP) is 1.77. The minimum absolute atomic E-state index is 0.000642. The topological polar surface area (TPSA) is 51.1 Å². The zero-order valence-corrected chi connectivity index (χ0v) is 15.8. The van der Waals surface area contributed by atoms with E-state index >= 15 is 0 Å². The maximum atomic E-state index is 12.6. The third-order valence-corrected chi connectivity index (χ3v) is 5.64. The van der Waals surface area contributed by atoms with E-state index in [0.29, 0.717) is 19.5 Å². The quantitative estimate of drug-likeness (QED) is 0.649. The number of nitrogens with one attached hydrogen (secondary N) is 1. The highest BCUT2D eigenvalue weighted by Crippen LogP contribution is 2.34. The lowest BCUT2D eigenvalue weighted by Gasteiger charge is -2.21. The molecule has 2 aliphatic rings. The van der Waals surface area contributed by atoms with Gasteiger partial charge in [0.05, 0.1) is 26.0 Å². The Labute approximate surface area is 159 Å². The number of allylic oxidation sites excluding steroid dienone is 2. The van der Waals surface area contributed by atoms with E-state index in [0.717, 1.165) is 28.0 Å². The van der Waals surface area contributed by atoms with Gasteiger partial charge in [-0.3, -0.25) is 9.59 Å². The molecule has 1 heterocycles. The average molecular weight is 365 g/mol. The SMILES string of the molecule is COc1ccc2cc(C[NH+](C)CN3C(=O)[C@H]4CC=CC[C@@H]4C3=O)ccc2c1. The standard InChI is InChI=1S/C22H24N2O3/c1-23(14-24-21(25)19-5-3-4-6-20(19)22(24)26)13-15-7-8-17-12-18(27-2)10-9-16(17)11-15/h3-4,7-12,19-20H,5-6,13-14H2,1-2H3/p+1/t19-,20-/m0/s1. The summed E-state index contributed by atoms with van der Waals surface area (Å²) in [5.74, 6) is 0.551. The van der Waals surface area contributed by atoms with Gasteiger partial charge in [-0.25, -0.2) is 4.90 Å². The molecule has 1 N–H and O–H groups in total. The van der Waals surface area contributed by atoms with Crippen molar-refractivity contribution in [2.24, 2.45) is 11.8 Å². The number of fused-ring (bicyclic) bond motifs is 2. The summed E-state index contributed by atoms with van der Waals surface area (Å²) in [6, 6.07) is 12.4. The number of carbonyl (C=O) groups excluding carboxylic acids is 2. The molecule has 4 rings (SSSR count). The van der Waals surface area contributed by atoms with Crippen LogP contribution in [0, 0.1) is 11.8 Å². The summed E-state index contributed by atoms with van der Waals surface area (Å²) >= 11 is 0. The molecule has 27 heavy (non-hydrogen) atoms. The first-order valence-corrected chi connectivity index (χ1v) is 9.45. The number of nitrogens with zero attached hydrogens (tertiary/aromatic N) is 1. The van der Waals surface area contributed by atoms with E-state index in [1.807, 2.05) is 31.3 Å². The van der Waals surface area contributed by atoms with Crippen LogP contribution < -0.4 is 9.64 Å². The zero-order chi connectivity index (χ0) is 19.0. The maximum Gasteiger partial charge on any atom is 0.237 e. The van der Waals surface area contributed by atoms with Gasteiger partial charge in [-0.15, -0.1) is 0 Å². The molecule has 140 valence electrons. The number of benzene rings is 2. The molecule has 1 aliphatic carbocycles. The van der Waals surface area contributed by atoms with Crippen LogP contribution in [0.25, 0.3) is 10.8 Å². The summed E-state index contributed by atoms with van der Waals surface area (Å²) in [5.41, 5.74) is 1.18. The summed E-state index contributed by atoms with van der Waals surface area (Å²) in [6.45, 7) is 1.18. The van der Waals surface area contributed by atoms with E-state index in [4.69, 9.17) is 4.74 Å². The number of likely N-dealkylation sites (tertiary alicyclic amines) is 1. The van der Waals surface area contributed by atoms with Crippen molar-refractivity contribution in [2.45, 2.75) is 19.4 Å². The van der Waals surface area contributed by atoms with E-state index in [1.165, 1.54) is 10.5 Å². The van der Waals surface area contributed by atoms with Crippen molar-refractivity contribution in [1.29, 1.82) is 0 Å². The number of ether oxygens (including phenoxy) is 1. The highest BCUT2D eigenvalue weighted by molar-refractivity contribution is 6.05. The van der Waals surface area contributed by atoms with Gasteiger partial charge in [0.2, 0.25) is 11.8 Å². The van der Waals surface area contributed by atoms with Gasteiger partial charge in [0.25, 0.3) is 0 Å². The summed E-state index contributed by atoms with van der Waals surface area (Å²) in [7, 11) is 3.69. The van der Waals surface area contributed by atoms with Crippen LogP contribution in [0.15, 0.2) is 48.6 Å². The molecule has 2 aromatic carbocycles. The third-order valence-electron chi connectivity index (χ3n) is 5.64. The minimum Gasteiger partial charge on any atom is -0.497 e. The second-order valence-corrected chi connectivity index (χ2v) is 7.60. The van der Waals surface area contributed by atoms with E-state index in [2.05, 4.69) is 24.3 Å². The summed E-state index contributed by atoms with van der Waals surface area (Å²) < 4.78 is 5.27. The van der Waals surface area contributed by atoms with Crippen LogP contribution >= 0.6 is 0 Å². The molecule has 2 aromatic rings. The predicted molar refractivity (Wildman–Crippen MR) is 103 cm³/mol. The molecule has 2 amide bonds. The van der Waals surface area contributed by atoms with E-state index < -0.39 is 0 Å². The zero-order valence-electron chi connectivity index (χ0n) is 15.8. The van der Waals surface area contributed by atoms with Crippen LogP contribution in [0.4, 0.5) is 0 Å². The van der Waals surface area contributed by atoms with Crippen LogP contribution in [0.5, 0.6) is 5.75 Å². The van der Waals surface area contributed by atoms with Gasteiger partial charge in [0, 0.05) is 5.56 Å². The second-order valence-electron chi connectivity index (χ2n) is 7.60. The minimum atomic E-state index is -0.147. The number of rotatable bonds is 5. The summed E-state index contributed by atoms with van der Waals surface area (Å²) in [5, 5.41) is 2.30. The smallest absolute Gasteiger partial charge is 0.237 e. The highest BCUT2D eigenvalue weighted by Gasteiger charge is 2.48. The number of quaternary nitrogens is 1. The van der Waals surface area contributed by atoms with Crippen LogP contribution in [-0.2, 0) is 16.1 Å². The second kappa shape index (κ2) is 7.16. The number of methoxy groups -OCH3 is 1. The van der Waals surface area contributed by atoms with Crippen LogP contribution in [-0.4, -0.2) is 37.5 Å². The van der Waals surface area contributed by atoms with Crippen LogP contribution in [0.1, 0.15) is 18.4 Å². The highest BCUT2D eigenvalue weighted by atomic mass is 16.5. The van der Waals surface area contributed by atoms with E-state index in [9.17, 15) is 9.59 Å². The molecule has 0 saturated carbocycles. The van der Waals surface area contributed by atoms with Crippen molar-refractivity contribution < 1.29 is 19.2 Å². The molecule has 0 aromatic heterocycles. The Kier molecular flexibility index (Phi) is 4.70. The molecule has 0 bridgehead atoms. The average Bonchev–Trinajstić information content (AvgIpc) is 2.92. The Morgan fingerprint density at radius 2 is 1.63 bits per heavy atom. The van der Waals surface area contributed by atoms with Gasteiger partial charge in [0.15, 0.2) is 6.67 Å². The molecule has 1 unspecified atom stereocenters. The fraction of sp³-hybridized carbons (Fsp3) is 0.364. The van der Waals surface area contributed by atoms with Crippen molar-refractivity contribution in [3.63, 3.8) is 0 Å².